The second kappa shape index (κ2) is 10.1. The van der Waals surface area contributed by atoms with E-state index in [1.807, 2.05) is 11.0 Å². The zero-order chi connectivity index (χ0) is 26.2. The molecular weight excluding hydrogens is 464 g/mol. The lowest BCUT2D eigenvalue weighted by atomic mass is 9.80. The van der Waals surface area contributed by atoms with E-state index in [9.17, 15) is 4.79 Å². The van der Waals surface area contributed by atoms with Crippen LogP contribution in [0.3, 0.4) is 0 Å². The summed E-state index contributed by atoms with van der Waals surface area (Å²) in [5.74, 6) is 2.05. The van der Waals surface area contributed by atoms with Crippen LogP contribution in [0.2, 0.25) is 0 Å². The third-order valence-electron chi connectivity index (χ3n) is 7.68. The zero-order valence-electron chi connectivity index (χ0n) is 22.6. The standard InChI is InChI=1S/C28H38N8O/c1-19-12-20(6-7-21(19)15-29-27(37)35-9-8-22(16-35)28(2,3)4)24-14-25(31-18-30-24)32-26-13-23-17-34(5)10-11-36(23)33-26/h6-7,12-14,18,22H,8-11,15-17H2,1-5H3,(H,29,37)(H,30,31,32,33)/t22-/m0/s1. The van der Waals surface area contributed by atoms with Gasteiger partial charge in [-0.05, 0) is 48.9 Å². The number of urea groups is 1. The van der Waals surface area contributed by atoms with Gasteiger partial charge in [0.05, 0.1) is 17.9 Å². The van der Waals surface area contributed by atoms with Crippen LogP contribution < -0.4 is 10.6 Å². The van der Waals surface area contributed by atoms with Gasteiger partial charge in [0.15, 0.2) is 5.82 Å². The lowest BCUT2D eigenvalue weighted by molar-refractivity contribution is 0.196. The van der Waals surface area contributed by atoms with Crippen LogP contribution >= 0.6 is 0 Å². The lowest BCUT2D eigenvalue weighted by Gasteiger charge is -2.27. The molecule has 9 nitrogen and oxygen atoms in total. The second-order valence-electron chi connectivity index (χ2n) is 11.5. The Morgan fingerprint density at radius 2 is 1.92 bits per heavy atom. The maximum absolute atomic E-state index is 12.7. The van der Waals surface area contributed by atoms with E-state index in [0.717, 1.165) is 67.3 Å². The minimum absolute atomic E-state index is 0.0225. The lowest BCUT2D eigenvalue weighted by Crippen LogP contribution is -2.39. The molecule has 2 aromatic heterocycles. The Balaban J connectivity index is 1.21. The summed E-state index contributed by atoms with van der Waals surface area (Å²) in [6, 6.07) is 10.3. The topological polar surface area (TPSA) is 91.2 Å². The van der Waals surface area contributed by atoms with E-state index in [2.05, 4.69) is 94.3 Å². The first-order valence-electron chi connectivity index (χ1n) is 13.1. The summed E-state index contributed by atoms with van der Waals surface area (Å²) in [7, 11) is 2.12. The average Bonchev–Trinajstić information content (AvgIpc) is 3.50. The van der Waals surface area contributed by atoms with Crippen molar-refractivity contribution in [3.63, 3.8) is 0 Å². The van der Waals surface area contributed by atoms with E-state index >= 15 is 0 Å². The van der Waals surface area contributed by atoms with Gasteiger partial charge in [0.1, 0.15) is 12.1 Å². The van der Waals surface area contributed by atoms with Crippen molar-refractivity contribution in [3.05, 3.63) is 53.5 Å². The highest BCUT2D eigenvalue weighted by Gasteiger charge is 2.33. The van der Waals surface area contributed by atoms with Crippen LogP contribution in [0.4, 0.5) is 16.4 Å². The normalized spacial score (nSPS) is 18.1. The fraction of sp³-hybridized carbons (Fsp3) is 0.500. The molecule has 2 aliphatic heterocycles. The number of nitrogens with zero attached hydrogens (tertiary/aromatic N) is 6. The highest BCUT2D eigenvalue weighted by atomic mass is 16.2. The van der Waals surface area contributed by atoms with Crippen molar-refractivity contribution in [1.82, 2.24) is 34.9 Å². The largest absolute Gasteiger partial charge is 0.334 e. The number of amides is 2. The number of carbonyl (C=O) groups excluding carboxylic acids is 1. The van der Waals surface area contributed by atoms with Crippen molar-refractivity contribution >= 4 is 17.7 Å². The fourth-order valence-corrected chi connectivity index (χ4v) is 5.16. The quantitative estimate of drug-likeness (QED) is 0.537. The smallest absolute Gasteiger partial charge is 0.317 e. The number of hydrogen-bond donors (Lipinski definition) is 2. The number of aryl methyl sites for hydroxylation is 1. The molecular formula is C28H38N8O. The minimum Gasteiger partial charge on any atom is -0.334 e. The monoisotopic (exact) mass is 502 g/mol. The van der Waals surface area contributed by atoms with E-state index in [0.29, 0.717) is 18.3 Å². The number of fused-ring (bicyclic) bond motifs is 1. The number of anilines is 2. The van der Waals surface area contributed by atoms with Gasteiger partial charge in [-0.25, -0.2) is 14.8 Å². The summed E-state index contributed by atoms with van der Waals surface area (Å²) in [6.07, 6.45) is 2.65. The van der Waals surface area contributed by atoms with Crippen molar-refractivity contribution < 1.29 is 4.79 Å². The molecule has 37 heavy (non-hydrogen) atoms. The molecule has 2 amide bonds. The third-order valence-corrected chi connectivity index (χ3v) is 7.68. The Kier molecular flexibility index (Phi) is 6.90. The fourth-order valence-electron chi connectivity index (χ4n) is 5.16. The van der Waals surface area contributed by atoms with Crippen LogP contribution in [-0.2, 0) is 19.6 Å². The van der Waals surface area contributed by atoms with Gasteiger partial charge in [0.25, 0.3) is 0 Å². The Morgan fingerprint density at radius 1 is 1.08 bits per heavy atom. The Bertz CT molecular complexity index is 1280. The van der Waals surface area contributed by atoms with Crippen LogP contribution in [0, 0.1) is 18.3 Å². The molecule has 0 radical (unpaired) electrons. The van der Waals surface area contributed by atoms with Crippen molar-refractivity contribution in [2.75, 3.05) is 32.0 Å². The Morgan fingerprint density at radius 3 is 2.68 bits per heavy atom. The van der Waals surface area contributed by atoms with Crippen LogP contribution in [0.15, 0.2) is 36.7 Å². The first kappa shape index (κ1) is 25.2. The maximum atomic E-state index is 12.7. The molecule has 1 aromatic carbocycles. The molecule has 196 valence electrons. The van der Waals surface area contributed by atoms with E-state index in [4.69, 9.17) is 0 Å². The van der Waals surface area contributed by atoms with Crippen LogP contribution in [0.25, 0.3) is 11.3 Å². The molecule has 1 saturated heterocycles. The van der Waals surface area contributed by atoms with E-state index < -0.39 is 0 Å². The number of hydrogen-bond acceptors (Lipinski definition) is 6. The zero-order valence-corrected chi connectivity index (χ0v) is 22.6. The Hall–Kier alpha value is -3.46. The molecule has 2 aliphatic rings. The predicted octanol–water partition coefficient (Wildman–Crippen LogP) is 4.42. The highest BCUT2D eigenvalue weighted by molar-refractivity contribution is 5.74. The third kappa shape index (κ3) is 5.77. The van der Waals surface area contributed by atoms with Gasteiger partial charge in [0, 0.05) is 50.4 Å². The summed E-state index contributed by atoms with van der Waals surface area (Å²) in [5.41, 5.74) is 5.49. The summed E-state index contributed by atoms with van der Waals surface area (Å²) >= 11 is 0. The van der Waals surface area contributed by atoms with Gasteiger partial charge in [0.2, 0.25) is 0 Å². The molecule has 2 N–H and O–H groups in total. The van der Waals surface area contributed by atoms with Crippen molar-refractivity contribution in [2.24, 2.45) is 11.3 Å². The number of likely N-dealkylation sites (tertiary alicyclic amines) is 1. The summed E-state index contributed by atoms with van der Waals surface area (Å²) in [5, 5.41) is 11.1. The molecule has 0 unspecified atom stereocenters. The van der Waals surface area contributed by atoms with E-state index in [-0.39, 0.29) is 11.4 Å². The second-order valence-corrected chi connectivity index (χ2v) is 11.5. The average molecular weight is 503 g/mol. The van der Waals surface area contributed by atoms with Crippen LogP contribution in [0.5, 0.6) is 0 Å². The Labute approximate surface area is 219 Å². The first-order chi connectivity index (χ1) is 17.7. The summed E-state index contributed by atoms with van der Waals surface area (Å²) in [4.78, 5) is 25.9. The van der Waals surface area contributed by atoms with E-state index in [1.165, 1.54) is 5.69 Å². The van der Waals surface area contributed by atoms with Crippen molar-refractivity contribution in [2.45, 2.75) is 53.8 Å². The maximum Gasteiger partial charge on any atom is 0.317 e. The SMILES string of the molecule is Cc1cc(-c2cc(Nc3cc4n(n3)CCN(C)C4)ncn2)ccc1CNC(=O)N1CC[C@H](C(C)(C)C)C1. The van der Waals surface area contributed by atoms with Gasteiger partial charge in [-0.1, -0.05) is 32.9 Å². The highest BCUT2D eigenvalue weighted by Crippen LogP contribution is 2.33. The molecule has 9 heteroatoms. The number of benzene rings is 1. The number of likely N-dealkylation sites (N-methyl/N-ethyl adjacent to an activating group) is 1. The van der Waals surface area contributed by atoms with Gasteiger partial charge in [-0.15, -0.1) is 0 Å². The number of rotatable bonds is 5. The van der Waals surface area contributed by atoms with Gasteiger partial charge < -0.3 is 15.5 Å². The number of aromatic nitrogens is 4. The van der Waals surface area contributed by atoms with Crippen LogP contribution in [0.1, 0.15) is 44.0 Å². The molecule has 0 aliphatic carbocycles. The number of carbonyl (C=O) groups is 1. The van der Waals surface area contributed by atoms with Gasteiger partial charge >= 0.3 is 6.03 Å². The summed E-state index contributed by atoms with van der Waals surface area (Å²) in [6.45, 7) is 13.8. The van der Waals surface area contributed by atoms with Gasteiger partial charge in [-0.2, -0.15) is 5.10 Å². The number of nitrogens with one attached hydrogen (secondary N) is 2. The molecule has 0 spiro atoms. The molecule has 3 aromatic rings. The molecule has 5 rings (SSSR count). The minimum atomic E-state index is 0.0225. The molecule has 0 saturated carbocycles. The van der Waals surface area contributed by atoms with E-state index in [1.54, 1.807) is 6.33 Å². The molecule has 0 bridgehead atoms. The summed E-state index contributed by atoms with van der Waals surface area (Å²) < 4.78 is 2.05. The molecule has 4 heterocycles. The molecule has 1 fully saturated rings. The van der Waals surface area contributed by atoms with Crippen LogP contribution in [-0.4, -0.2) is 62.3 Å². The first-order valence-corrected chi connectivity index (χ1v) is 13.1. The van der Waals surface area contributed by atoms with Gasteiger partial charge in [-0.3, -0.25) is 9.58 Å². The molecule has 1 atom stereocenters. The van der Waals surface area contributed by atoms with Crippen molar-refractivity contribution in [1.29, 1.82) is 0 Å². The predicted molar refractivity (Wildman–Crippen MR) is 145 cm³/mol. The van der Waals surface area contributed by atoms with Crippen molar-refractivity contribution in [3.8, 4) is 11.3 Å².